The summed E-state index contributed by atoms with van der Waals surface area (Å²) in [6.07, 6.45) is 3.68. The Hall–Kier alpha value is -5.04. The van der Waals surface area contributed by atoms with E-state index < -0.39 is 17.9 Å². The van der Waals surface area contributed by atoms with Crippen molar-refractivity contribution in [1.82, 2.24) is 30.2 Å². The largest absolute Gasteiger partial charge is 0.369 e. The maximum Gasteiger partial charge on any atom is 0.322 e. The van der Waals surface area contributed by atoms with Crippen molar-refractivity contribution < 1.29 is 23.2 Å². The molecule has 1 aromatic heterocycles. The van der Waals surface area contributed by atoms with E-state index in [0.29, 0.717) is 58.7 Å². The quantitative estimate of drug-likeness (QED) is 0.246. The molecule has 11 nitrogen and oxygen atoms in total. The van der Waals surface area contributed by atoms with Crippen molar-refractivity contribution in [1.29, 1.82) is 0 Å². The zero-order chi connectivity index (χ0) is 33.4. The molecule has 2 fully saturated rings. The van der Waals surface area contributed by atoms with E-state index in [-0.39, 0.29) is 29.6 Å². The van der Waals surface area contributed by atoms with E-state index in [0.717, 1.165) is 39.6 Å². The Morgan fingerprint density at radius 3 is 2.50 bits per heavy atom. The smallest absolute Gasteiger partial charge is 0.322 e. The second-order valence-corrected chi connectivity index (χ2v) is 12.8. The molecule has 0 spiro atoms. The van der Waals surface area contributed by atoms with Crippen LogP contribution in [0.3, 0.4) is 0 Å². The van der Waals surface area contributed by atoms with Gasteiger partial charge in [-0.25, -0.2) is 18.4 Å². The number of aryl methyl sites for hydroxylation is 1. The molecule has 2 unspecified atom stereocenters. The summed E-state index contributed by atoms with van der Waals surface area (Å²) >= 11 is 0. The van der Waals surface area contributed by atoms with Gasteiger partial charge >= 0.3 is 12.1 Å². The maximum absolute atomic E-state index is 14.2. The van der Waals surface area contributed by atoms with Crippen LogP contribution in [-0.2, 0) is 11.3 Å². The molecular weight excluding hydrogens is 618 g/mol. The number of hydrogen-bond donors (Lipinski definition) is 3. The molecule has 4 aromatic rings. The van der Waals surface area contributed by atoms with Crippen molar-refractivity contribution >= 4 is 40.6 Å². The fraction of sp³-hybridized carbons (Fsp3) is 0.371. The third-order valence-electron chi connectivity index (χ3n) is 9.91. The number of benzene rings is 3. The summed E-state index contributed by atoms with van der Waals surface area (Å²) in [6.45, 7) is 5.70. The minimum absolute atomic E-state index is 0.109. The lowest BCUT2D eigenvalue weighted by molar-refractivity contribution is -0.111. The first-order valence-corrected chi connectivity index (χ1v) is 16.3. The molecule has 0 saturated carbocycles. The van der Waals surface area contributed by atoms with Crippen LogP contribution in [0.25, 0.3) is 10.9 Å². The highest BCUT2D eigenvalue weighted by atomic mass is 19.1. The number of likely N-dealkylation sites (tertiary alicyclic amines) is 1. The number of piperazine rings is 1. The Kier molecular flexibility index (Phi) is 8.69. The number of aromatic nitrogens is 2. The number of nitrogens with one attached hydrogen (secondary N) is 3. The summed E-state index contributed by atoms with van der Waals surface area (Å²) in [5.41, 5.74) is 4.69. The lowest BCUT2D eigenvalue weighted by Crippen LogP contribution is -2.57. The Morgan fingerprint density at radius 2 is 1.77 bits per heavy atom. The van der Waals surface area contributed by atoms with E-state index >= 15 is 0 Å². The molecular formula is C35H38F2N8O3. The standard InChI is InChI=1S/C35H38F2N8O3/c1-22-17-24(18-25-19-38-41-31(22)25)33(43-15-13-42(14-16-43)27-7-5-26(36)6-8-27)30(21-46)39-34(47)44-11-9-28(10-12-44)45-20-23-3-2-4-29(37)32(23)40-35(45)48/h2-8,17-19,21,28,30,33H,9-16,20H2,1H3,(H,38,41)(H,39,47)(H,40,48). The predicted octanol–water partition coefficient (Wildman–Crippen LogP) is 4.80. The van der Waals surface area contributed by atoms with Crippen molar-refractivity contribution in [3.8, 4) is 0 Å². The van der Waals surface area contributed by atoms with E-state index in [1.165, 1.54) is 18.2 Å². The molecule has 7 rings (SSSR count). The number of nitrogens with zero attached hydrogens (tertiary/aromatic N) is 5. The second kappa shape index (κ2) is 13.2. The topological polar surface area (TPSA) is 117 Å². The number of anilines is 2. The Morgan fingerprint density at radius 1 is 1.02 bits per heavy atom. The average Bonchev–Trinajstić information content (AvgIpc) is 3.58. The van der Waals surface area contributed by atoms with Crippen LogP contribution in [0.15, 0.2) is 60.8 Å². The number of aldehydes is 1. The maximum atomic E-state index is 14.2. The predicted molar refractivity (Wildman–Crippen MR) is 178 cm³/mol. The SMILES string of the molecule is Cc1cc(C(C(C=O)NC(=O)N2CCC(N3Cc4cccc(F)c4NC3=O)CC2)N2CCN(c3ccc(F)cc3)CC2)cc2cn[nH]c12. The molecule has 2 atom stereocenters. The van der Waals surface area contributed by atoms with Gasteiger partial charge < -0.3 is 30.1 Å². The molecule has 3 aliphatic rings. The summed E-state index contributed by atoms with van der Waals surface area (Å²) in [6, 6.07) is 13.2. The molecule has 0 aliphatic carbocycles. The number of piperidine rings is 1. The molecule has 250 valence electrons. The molecule has 3 N–H and O–H groups in total. The lowest BCUT2D eigenvalue weighted by Gasteiger charge is -2.43. The molecule has 13 heteroatoms. The number of H-pyrrole nitrogens is 1. The van der Waals surface area contributed by atoms with E-state index in [9.17, 15) is 23.2 Å². The molecule has 3 aromatic carbocycles. The second-order valence-electron chi connectivity index (χ2n) is 12.8. The van der Waals surface area contributed by atoms with Crippen LogP contribution >= 0.6 is 0 Å². The summed E-state index contributed by atoms with van der Waals surface area (Å²) in [4.78, 5) is 47.2. The van der Waals surface area contributed by atoms with Crippen molar-refractivity contribution in [2.45, 2.75) is 44.4 Å². The summed E-state index contributed by atoms with van der Waals surface area (Å²) in [5.74, 6) is -0.736. The number of carbonyl (C=O) groups excluding carboxylic acids is 3. The number of rotatable bonds is 7. The number of amides is 4. The van der Waals surface area contributed by atoms with Gasteiger partial charge in [-0.15, -0.1) is 0 Å². The molecule has 0 bridgehead atoms. The molecule has 4 amide bonds. The van der Waals surface area contributed by atoms with Crippen molar-refractivity contribution in [3.63, 3.8) is 0 Å². The minimum Gasteiger partial charge on any atom is -0.369 e. The van der Waals surface area contributed by atoms with Gasteiger partial charge in [0.2, 0.25) is 0 Å². The average molecular weight is 657 g/mol. The van der Waals surface area contributed by atoms with Gasteiger partial charge in [0.1, 0.15) is 24.0 Å². The lowest BCUT2D eigenvalue weighted by atomic mass is 9.94. The zero-order valence-electron chi connectivity index (χ0n) is 26.7. The normalized spacial score (nSPS) is 18.7. The van der Waals surface area contributed by atoms with Gasteiger partial charge in [-0.3, -0.25) is 10.00 Å². The highest BCUT2D eigenvalue weighted by Crippen LogP contribution is 2.32. The molecule has 2 saturated heterocycles. The number of fused-ring (bicyclic) bond motifs is 2. The molecule has 3 aliphatic heterocycles. The minimum atomic E-state index is -0.837. The van der Waals surface area contributed by atoms with E-state index in [4.69, 9.17) is 0 Å². The zero-order valence-corrected chi connectivity index (χ0v) is 26.7. The van der Waals surface area contributed by atoms with Crippen molar-refractivity contribution in [2.24, 2.45) is 0 Å². The Bertz CT molecular complexity index is 1820. The van der Waals surface area contributed by atoms with Gasteiger partial charge in [-0.05, 0) is 72.9 Å². The van der Waals surface area contributed by atoms with E-state index in [1.807, 2.05) is 19.1 Å². The van der Waals surface area contributed by atoms with Gasteiger partial charge in [-0.2, -0.15) is 5.10 Å². The fourth-order valence-corrected chi connectivity index (χ4v) is 7.36. The number of hydrogen-bond acceptors (Lipinski definition) is 6. The number of urea groups is 2. The van der Waals surface area contributed by atoms with E-state index in [2.05, 4.69) is 30.6 Å². The molecule has 4 heterocycles. The molecule has 0 radical (unpaired) electrons. The van der Waals surface area contributed by atoms with Crippen LogP contribution in [0, 0.1) is 18.6 Å². The van der Waals surface area contributed by atoms with Gasteiger partial charge in [0, 0.05) is 62.9 Å². The summed E-state index contributed by atoms with van der Waals surface area (Å²) < 4.78 is 27.8. The summed E-state index contributed by atoms with van der Waals surface area (Å²) in [7, 11) is 0. The Labute approximate surface area is 276 Å². The first-order valence-electron chi connectivity index (χ1n) is 16.3. The van der Waals surface area contributed by atoms with E-state index in [1.54, 1.807) is 40.3 Å². The van der Waals surface area contributed by atoms with Crippen LogP contribution in [0.1, 0.15) is 35.6 Å². The highest BCUT2D eigenvalue weighted by Gasteiger charge is 2.37. The number of carbonyl (C=O) groups is 3. The first kappa shape index (κ1) is 31.6. The van der Waals surface area contributed by atoms with Crippen molar-refractivity contribution in [3.05, 3.63) is 89.1 Å². The summed E-state index contributed by atoms with van der Waals surface area (Å²) in [5, 5.41) is 13.9. The molecule has 48 heavy (non-hydrogen) atoms. The van der Waals surface area contributed by atoms with Crippen LogP contribution in [0.2, 0.25) is 0 Å². The third kappa shape index (κ3) is 6.17. The van der Waals surface area contributed by atoms with Crippen molar-refractivity contribution in [2.75, 3.05) is 49.5 Å². The number of aromatic amines is 1. The monoisotopic (exact) mass is 656 g/mol. The fourth-order valence-electron chi connectivity index (χ4n) is 7.36. The first-order chi connectivity index (χ1) is 23.3. The van der Waals surface area contributed by atoms with Crippen LogP contribution in [-0.4, -0.2) is 94.6 Å². The van der Waals surface area contributed by atoms with Gasteiger partial charge in [0.15, 0.2) is 0 Å². The van der Waals surface area contributed by atoms with Crippen LogP contribution < -0.4 is 15.5 Å². The third-order valence-corrected chi connectivity index (χ3v) is 9.91. The number of halogens is 2. The number of para-hydroxylation sites is 1. The van der Waals surface area contributed by atoms with Gasteiger partial charge in [-0.1, -0.05) is 18.2 Å². The van der Waals surface area contributed by atoms with Crippen LogP contribution in [0.5, 0.6) is 0 Å². The van der Waals surface area contributed by atoms with Crippen LogP contribution in [0.4, 0.5) is 29.7 Å². The van der Waals surface area contributed by atoms with Gasteiger partial charge in [0.25, 0.3) is 0 Å². The Balaban J connectivity index is 1.05. The highest BCUT2D eigenvalue weighted by molar-refractivity contribution is 5.92. The van der Waals surface area contributed by atoms with Gasteiger partial charge in [0.05, 0.1) is 23.4 Å².